The van der Waals surface area contributed by atoms with Crippen molar-refractivity contribution in [2.75, 3.05) is 9.80 Å². The number of anilines is 6. The van der Waals surface area contributed by atoms with Gasteiger partial charge in [-0.15, -0.1) is 0 Å². The SMILES string of the molecule is c1ccc(N(c2ccccc2)c2ccc(C3(c4ccc(-c5ccc(N(c6ccccc6)c6cccc7c6oc6ccccc67)cc5)cc4)c4ccccc4-c4c3ccc3c4Oc4ccccc4O3)cc2)cc1. The first-order chi connectivity index (χ1) is 35.7. The minimum absolute atomic E-state index is 0.702. The second kappa shape index (κ2) is 16.8. The van der Waals surface area contributed by atoms with Crippen LogP contribution in [0.4, 0.5) is 34.1 Å². The van der Waals surface area contributed by atoms with Gasteiger partial charge in [0.15, 0.2) is 28.6 Å². The highest BCUT2D eigenvalue weighted by molar-refractivity contribution is 6.10. The predicted octanol–water partition coefficient (Wildman–Crippen LogP) is 18.5. The summed E-state index contributed by atoms with van der Waals surface area (Å²) in [6.07, 6.45) is 0. The van der Waals surface area contributed by atoms with Gasteiger partial charge in [0.1, 0.15) is 5.58 Å². The Hall–Kier alpha value is -9.58. The summed E-state index contributed by atoms with van der Waals surface area (Å²) in [5.74, 6) is 2.84. The van der Waals surface area contributed by atoms with Crippen LogP contribution in [-0.4, -0.2) is 0 Å². The van der Waals surface area contributed by atoms with Crippen molar-refractivity contribution < 1.29 is 13.9 Å². The third kappa shape index (κ3) is 6.55. The van der Waals surface area contributed by atoms with Crippen molar-refractivity contribution in [3.05, 3.63) is 289 Å². The lowest BCUT2D eigenvalue weighted by molar-refractivity contribution is 0.360. The van der Waals surface area contributed by atoms with Crippen LogP contribution in [-0.2, 0) is 5.41 Å². The Labute approximate surface area is 417 Å². The van der Waals surface area contributed by atoms with Crippen LogP contribution in [0.15, 0.2) is 271 Å². The summed E-state index contributed by atoms with van der Waals surface area (Å²) in [6.45, 7) is 0. The van der Waals surface area contributed by atoms with Gasteiger partial charge in [-0.25, -0.2) is 0 Å². The maximum absolute atomic E-state index is 6.85. The fourth-order valence-electron chi connectivity index (χ4n) is 11.2. The van der Waals surface area contributed by atoms with Crippen LogP contribution >= 0.6 is 0 Å². The van der Waals surface area contributed by atoms with E-state index in [1.54, 1.807) is 0 Å². The van der Waals surface area contributed by atoms with Gasteiger partial charge in [-0.3, -0.25) is 0 Å². The minimum Gasteiger partial charge on any atom is -0.454 e. The monoisotopic (exact) mass is 924 g/mol. The second-order valence-corrected chi connectivity index (χ2v) is 18.4. The maximum atomic E-state index is 6.85. The van der Waals surface area contributed by atoms with Crippen molar-refractivity contribution in [1.29, 1.82) is 0 Å². The summed E-state index contributed by atoms with van der Waals surface area (Å²) in [5.41, 5.74) is 16.3. The molecule has 1 aliphatic carbocycles. The molecule has 1 atom stereocenters. The average Bonchev–Trinajstić information content (AvgIpc) is 3.99. The maximum Gasteiger partial charge on any atom is 0.178 e. The number of ether oxygens (including phenoxy) is 2. The second-order valence-electron chi connectivity index (χ2n) is 18.4. The molecule has 14 rings (SSSR count). The van der Waals surface area contributed by atoms with E-state index in [1.807, 2.05) is 36.4 Å². The molecule has 340 valence electrons. The fraction of sp³-hybridized carbons (Fsp3) is 0.0149. The minimum atomic E-state index is -0.708. The number of fused-ring (bicyclic) bond motifs is 9. The normalized spacial score (nSPS) is 14.1. The van der Waals surface area contributed by atoms with E-state index < -0.39 is 5.41 Å². The summed E-state index contributed by atoms with van der Waals surface area (Å²) in [5, 5.41) is 2.20. The molecule has 1 unspecified atom stereocenters. The van der Waals surface area contributed by atoms with E-state index in [2.05, 4.69) is 240 Å². The molecule has 0 N–H and O–H groups in total. The van der Waals surface area contributed by atoms with E-state index in [4.69, 9.17) is 13.9 Å². The van der Waals surface area contributed by atoms with Crippen molar-refractivity contribution in [3.8, 4) is 45.3 Å². The summed E-state index contributed by atoms with van der Waals surface area (Å²) in [6, 6.07) is 94.5. The van der Waals surface area contributed by atoms with Crippen molar-refractivity contribution in [3.63, 3.8) is 0 Å². The lowest BCUT2D eigenvalue weighted by Crippen LogP contribution is -2.28. The highest BCUT2D eigenvalue weighted by Crippen LogP contribution is 2.62. The number of rotatable bonds is 9. The highest BCUT2D eigenvalue weighted by atomic mass is 16.6. The van der Waals surface area contributed by atoms with E-state index in [1.165, 1.54) is 5.56 Å². The number of para-hydroxylation sites is 7. The first-order valence-corrected chi connectivity index (χ1v) is 24.4. The van der Waals surface area contributed by atoms with E-state index >= 15 is 0 Å². The summed E-state index contributed by atoms with van der Waals surface area (Å²) in [7, 11) is 0. The molecule has 0 amide bonds. The van der Waals surface area contributed by atoms with Gasteiger partial charge in [-0.1, -0.05) is 176 Å². The van der Waals surface area contributed by atoms with Gasteiger partial charge >= 0.3 is 0 Å². The van der Waals surface area contributed by atoms with E-state index in [0.717, 1.165) is 101 Å². The molecule has 0 radical (unpaired) electrons. The Morgan fingerprint density at radius 2 is 0.819 bits per heavy atom. The number of nitrogens with zero attached hydrogens (tertiary/aromatic N) is 2. The van der Waals surface area contributed by atoms with Crippen molar-refractivity contribution >= 4 is 56.1 Å². The van der Waals surface area contributed by atoms with E-state index in [0.29, 0.717) is 17.2 Å². The average molecular weight is 925 g/mol. The number of hydrogen-bond acceptors (Lipinski definition) is 5. The number of hydrogen-bond donors (Lipinski definition) is 0. The van der Waals surface area contributed by atoms with Gasteiger partial charge < -0.3 is 23.7 Å². The molecule has 2 aliphatic rings. The molecular formula is C67H44N2O3. The largest absolute Gasteiger partial charge is 0.454 e. The molecule has 5 nitrogen and oxygen atoms in total. The third-order valence-corrected chi connectivity index (χ3v) is 14.4. The van der Waals surface area contributed by atoms with Gasteiger partial charge in [0, 0.05) is 44.8 Å². The molecule has 2 heterocycles. The van der Waals surface area contributed by atoms with Crippen LogP contribution in [0.2, 0.25) is 0 Å². The quantitative estimate of drug-likeness (QED) is 0.144. The molecular weight excluding hydrogens is 881 g/mol. The van der Waals surface area contributed by atoms with Crippen LogP contribution < -0.4 is 19.3 Å². The standard InChI is InChI=1S/C67H44N2O3/c1-4-17-49(18-5-1)68(50-19-6-2-7-20-50)52-41-37-48(38-42-52)67(57-26-12-10-24-56(57)64-58(67)43-44-63-66(64)72-62-30-15-14-29-61(62)70-63)47-35-31-45(32-36-47)46-33-39-53(40-34-46)69(51-21-8-3-9-22-51)59-27-16-25-55-54-23-11-13-28-60(54)71-65(55)59/h1-44H. The Bertz CT molecular complexity index is 3930. The molecule has 1 aliphatic heterocycles. The first kappa shape index (κ1) is 41.4. The van der Waals surface area contributed by atoms with Crippen LogP contribution in [0.3, 0.4) is 0 Å². The van der Waals surface area contributed by atoms with Gasteiger partial charge in [0.2, 0.25) is 0 Å². The van der Waals surface area contributed by atoms with Crippen LogP contribution in [0.1, 0.15) is 22.3 Å². The van der Waals surface area contributed by atoms with Gasteiger partial charge in [-0.05, 0) is 130 Å². The Balaban J connectivity index is 0.895. The molecule has 0 spiro atoms. The van der Waals surface area contributed by atoms with Gasteiger partial charge in [0.25, 0.3) is 0 Å². The number of benzene rings is 11. The molecule has 5 heteroatoms. The fourth-order valence-corrected chi connectivity index (χ4v) is 11.2. The summed E-state index contributed by atoms with van der Waals surface area (Å²) < 4.78 is 20.0. The molecule has 0 saturated heterocycles. The molecule has 0 fully saturated rings. The molecule has 0 bridgehead atoms. The zero-order chi connectivity index (χ0) is 47.6. The molecule has 11 aromatic carbocycles. The Morgan fingerprint density at radius 3 is 1.50 bits per heavy atom. The zero-order valence-electron chi connectivity index (χ0n) is 39.0. The van der Waals surface area contributed by atoms with Crippen molar-refractivity contribution in [2.24, 2.45) is 0 Å². The van der Waals surface area contributed by atoms with Gasteiger partial charge in [-0.2, -0.15) is 0 Å². The van der Waals surface area contributed by atoms with Gasteiger partial charge in [0.05, 0.1) is 11.1 Å². The molecule has 72 heavy (non-hydrogen) atoms. The molecule has 0 saturated carbocycles. The van der Waals surface area contributed by atoms with Crippen molar-refractivity contribution in [1.82, 2.24) is 0 Å². The van der Waals surface area contributed by atoms with Crippen molar-refractivity contribution in [2.45, 2.75) is 5.41 Å². The lowest BCUT2D eigenvalue weighted by atomic mass is 9.67. The Morgan fingerprint density at radius 1 is 0.319 bits per heavy atom. The van der Waals surface area contributed by atoms with E-state index in [9.17, 15) is 0 Å². The topological polar surface area (TPSA) is 38.1 Å². The predicted molar refractivity (Wildman–Crippen MR) is 292 cm³/mol. The van der Waals surface area contributed by atoms with Crippen LogP contribution in [0.25, 0.3) is 44.2 Å². The smallest absolute Gasteiger partial charge is 0.178 e. The third-order valence-electron chi connectivity index (χ3n) is 14.4. The lowest BCUT2D eigenvalue weighted by Gasteiger charge is -2.35. The number of furan rings is 1. The van der Waals surface area contributed by atoms with Crippen LogP contribution in [0, 0.1) is 0 Å². The highest BCUT2D eigenvalue weighted by Gasteiger charge is 2.48. The van der Waals surface area contributed by atoms with E-state index in [-0.39, 0.29) is 0 Å². The summed E-state index contributed by atoms with van der Waals surface area (Å²) in [4.78, 5) is 4.59. The molecule has 12 aromatic rings. The Kier molecular flexibility index (Phi) is 9.68. The molecule has 1 aromatic heterocycles. The van der Waals surface area contributed by atoms with Crippen LogP contribution in [0.5, 0.6) is 23.0 Å². The zero-order valence-corrected chi connectivity index (χ0v) is 39.0. The summed E-state index contributed by atoms with van der Waals surface area (Å²) >= 11 is 0. The first-order valence-electron chi connectivity index (χ1n) is 24.4.